The maximum Gasteiger partial charge on any atom is 0.404 e. The van der Waals surface area contributed by atoms with E-state index in [2.05, 4.69) is 15.8 Å². The van der Waals surface area contributed by atoms with Crippen molar-refractivity contribution < 1.29 is 9.53 Å². The molecule has 0 aromatic rings. The van der Waals surface area contributed by atoms with Crippen LogP contribution in [0.25, 0.3) is 0 Å². The summed E-state index contributed by atoms with van der Waals surface area (Å²) >= 11 is 0. The lowest BCUT2D eigenvalue weighted by atomic mass is 10.2. The molecule has 0 radical (unpaired) electrons. The molecule has 0 spiro atoms. The van der Waals surface area contributed by atoms with Gasteiger partial charge in [-0.25, -0.2) is 4.79 Å². The summed E-state index contributed by atoms with van der Waals surface area (Å²) in [4.78, 5) is 9.87. The van der Waals surface area contributed by atoms with E-state index in [-0.39, 0.29) is 0 Å². The maximum absolute atomic E-state index is 9.87. The van der Waals surface area contributed by atoms with Gasteiger partial charge >= 0.3 is 6.09 Å². The number of unbranched alkanes of at least 4 members (excludes halogenated alkanes) is 1. The third kappa shape index (κ3) is 11.2. The van der Waals surface area contributed by atoms with Crippen molar-refractivity contribution in [2.24, 2.45) is 5.73 Å². The molecule has 14 heavy (non-hydrogen) atoms. The summed E-state index contributed by atoms with van der Waals surface area (Å²) in [7, 11) is 0. The van der Waals surface area contributed by atoms with Crippen molar-refractivity contribution >= 4 is 6.09 Å². The molecule has 1 fully saturated rings. The minimum atomic E-state index is -0.682. The summed E-state index contributed by atoms with van der Waals surface area (Å²) in [5.41, 5.74) is 4.67. The predicted molar refractivity (Wildman–Crippen MR) is 57.2 cm³/mol. The zero-order chi connectivity index (χ0) is 10.6. The predicted octanol–water partition coefficient (Wildman–Crippen LogP) is 1.64. The molecular weight excluding hydrogens is 180 g/mol. The van der Waals surface area contributed by atoms with Crippen LogP contribution in [0, 0.1) is 0 Å². The van der Waals surface area contributed by atoms with Crippen LogP contribution >= 0.6 is 0 Å². The van der Waals surface area contributed by atoms with Crippen LogP contribution in [0.15, 0.2) is 0 Å². The standard InChI is InChI=1S/C5H11NO2.C5H11N/c1-2-3-4-8-5(6)7;1-2-4-6-5-3-1/h2-4H2,1H3,(H2,6,7);6H,1-5H2. The van der Waals surface area contributed by atoms with E-state index in [0.717, 1.165) is 12.8 Å². The van der Waals surface area contributed by atoms with Gasteiger partial charge in [0.05, 0.1) is 6.61 Å². The van der Waals surface area contributed by atoms with E-state index < -0.39 is 6.09 Å². The Hall–Kier alpha value is -0.770. The zero-order valence-corrected chi connectivity index (χ0v) is 9.05. The van der Waals surface area contributed by atoms with Crippen molar-refractivity contribution in [3.63, 3.8) is 0 Å². The SMILES string of the molecule is C1CCNCC1.CCCCOC(N)=O. The molecule has 3 N–H and O–H groups in total. The van der Waals surface area contributed by atoms with Gasteiger partial charge in [-0.2, -0.15) is 0 Å². The highest BCUT2D eigenvalue weighted by Gasteiger charge is 1.93. The zero-order valence-electron chi connectivity index (χ0n) is 9.05. The third-order valence-electron chi connectivity index (χ3n) is 1.95. The number of rotatable bonds is 3. The Kier molecular flexibility index (Phi) is 9.74. The number of ether oxygens (including phenoxy) is 1. The maximum atomic E-state index is 9.87. The minimum absolute atomic E-state index is 0.450. The highest BCUT2D eigenvalue weighted by molar-refractivity contribution is 5.64. The average molecular weight is 202 g/mol. The highest BCUT2D eigenvalue weighted by atomic mass is 16.5. The second-order valence-corrected chi connectivity index (χ2v) is 3.33. The van der Waals surface area contributed by atoms with Crippen LogP contribution in [0.5, 0.6) is 0 Å². The van der Waals surface area contributed by atoms with Gasteiger partial charge in [-0.3, -0.25) is 0 Å². The normalized spacial score (nSPS) is 15.2. The Morgan fingerprint density at radius 1 is 1.36 bits per heavy atom. The summed E-state index contributed by atoms with van der Waals surface area (Å²) in [5, 5.41) is 3.28. The molecule has 1 heterocycles. The first kappa shape index (κ1) is 13.2. The Morgan fingerprint density at radius 3 is 2.29 bits per heavy atom. The molecule has 1 saturated heterocycles. The smallest absolute Gasteiger partial charge is 0.404 e. The fourth-order valence-corrected chi connectivity index (χ4v) is 1.12. The Labute approximate surface area is 86.2 Å². The molecule has 4 nitrogen and oxygen atoms in total. The molecule has 4 heteroatoms. The monoisotopic (exact) mass is 202 g/mol. The van der Waals surface area contributed by atoms with Gasteiger partial charge in [-0.05, 0) is 32.4 Å². The summed E-state index contributed by atoms with van der Waals surface area (Å²) in [6.07, 6.45) is 5.45. The van der Waals surface area contributed by atoms with E-state index in [9.17, 15) is 4.79 Å². The fourth-order valence-electron chi connectivity index (χ4n) is 1.12. The van der Waals surface area contributed by atoms with Crippen LogP contribution < -0.4 is 11.1 Å². The number of nitrogens with one attached hydrogen (secondary N) is 1. The first-order chi connectivity index (χ1) is 6.77. The molecule has 1 aliphatic heterocycles. The molecule has 0 bridgehead atoms. The second-order valence-electron chi connectivity index (χ2n) is 3.33. The molecule has 1 rings (SSSR count). The van der Waals surface area contributed by atoms with Gasteiger partial charge in [-0.1, -0.05) is 19.8 Å². The van der Waals surface area contributed by atoms with E-state index >= 15 is 0 Å². The lowest BCUT2D eigenvalue weighted by Gasteiger charge is -2.08. The van der Waals surface area contributed by atoms with Crippen molar-refractivity contribution in [1.29, 1.82) is 0 Å². The molecule has 0 aliphatic carbocycles. The molecule has 0 aromatic heterocycles. The molecule has 0 unspecified atom stereocenters. The van der Waals surface area contributed by atoms with E-state index in [1.165, 1.54) is 32.4 Å². The van der Waals surface area contributed by atoms with E-state index in [1.54, 1.807) is 0 Å². The van der Waals surface area contributed by atoms with Crippen molar-refractivity contribution in [2.75, 3.05) is 19.7 Å². The van der Waals surface area contributed by atoms with Crippen LogP contribution in [0.2, 0.25) is 0 Å². The van der Waals surface area contributed by atoms with E-state index in [0.29, 0.717) is 6.61 Å². The van der Waals surface area contributed by atoms with Gasteiger partial charge in [-0.15, -0.1) is 0 Å². The van der Waals surface area contributed by atoms with Gasteiger partial charge in [0.15, 0.2) is 0 Å². The first-order valence-electron chi connectivity index (χ1n) is 5.40. The van der Waals surface area contributed by atoms with Gasteiger partial charge in [0, 0.05) is 0 Å². The van der Waals surface area contributed by atoms with Gasteiger partial charge in [0.1, 0.15) is 0 Å². The first-order valence-corrected chi connectivity index (χ1v) is 5.40. The summed E-state index contributed by atoms with van der Waals surface area (Å²) in [6, 6.07) is 0. The topological polar surface area (TPSA) is 64.3 Å². The number of piperidine rings is 1. The molecular formula is C10H22N2O2. The lowest BCUT2D eigenvalue weighted by molar-refractivity contribution is 0.155. The highest BCUT2D eigenvalue weighted by Crippen LogP contribution is 1.96. The molecule has 0 aromatic carbocycles. The number of primary amides is 1. The minimum Gasteiger partial charge on any atom is -0.450 e. The van der Waals surface area contributed by atoms with Crippen LogP contribution in [0.3, 0.4) is 0 Å². The largest absolute Gasteiger partial charge is 0.450 e. The van der Waals surface area contributed by atoms with Crippen LogP contribution in [0.4, 0.5) is 4.79 Å². The molecule has 84 valence electrons. The summed E-state index contributed by atoms with van der Waals surface area (Å²) < 4.78 is 4.42. The van der Waals surface area contributed by atoms with Gasteiger partial charge in [0.25, 0.3) is 0 Å². The molecule has 1 aliphatic rings. The van der Waals surface area contributed by atoms with Gasteiger partial charge in [0.2, 0.25) is 0 Å². The number of hydrogen-bond acceptors (Lipinski definition) is 3. The quantitative estimate of drug-likeness (QED) is 0.684. The Balaban J connectivity index is 0.000000249. The van der Waals surface area contributed by atoms with Gasteiger partial charge < -0.3 is 15.8 Å². The Morgan fingerprint density at radius 2 is 2.00 bits per heavy atom. The average Bonchev–Trinajstić information content (AvgIpc) is 2.21. The fraction of sp³-hybridized carbons (Fsp3) is 0.900. The number of carbonyl (C=O) groups is 1. The van der Waals surface area contributed by atoms with Crippen molar-refractivity contribution in [3.05, 3.63) is 0 Å². The summed E-state index contributed by atoms with van der Waals surface area (Å²) in [6.45, 7) is 4.97. The number of nitrogens with two attached hydrogens (primary N) is 1. The van der Waals surface area contributed by atoms with Crippen LogP contribution in [-0.2, 0) is 4.74 Å². The number of amides is 1. The molecule has 0 saturated carbocycles. The third-order valence-corrected chi connectivity index (χ3v) is 1.95. The van der Waals surface area contributed by atoms with Crippen molar-refractivity contribution in [1.82, 2.24) is 5.32 Å². The van der Waals surface area contributed by atoms with E-state index in [1.807, 2.05) is 6.92 Å². The van der Waals surface area contributed by atoms with Crippen LogP contribution in [0.1, 0.15) is 39.0 Å². The second kappa shape index (κ2) is 10.3. The van der Waals surface area contributed by atoms with Crippen LogP contribution in [-0.4, -0.2) is 25.8 Å². The Bertz CT molecular complexity index is 125. The number of carbonyl (C=O) groups excluding carboxylic acids is 1. The summed E-state index contributed by atoms with van der Waals surface area (Å²) in [5.74, 6) is 0. The van der Waals surface area contributed by atoms with Crippen molar-refractivity contribution in [2.45, 2.75) is 39.0 Å². The molecule has 0 atom stereocenters. The van der Waals surface area contributed by atoms with E-state index in [4.69, 9.17) is 0 Å². The number of hydrogen-bond donors (Lipinski definition) is 2. The molecule has 1 amide bonds. The van der Waals surface area contributed by atoms with Crippen molar-refractivity contribution in [3.8, 4) is 0 Å². The lowest BCUT2D eigenvalue weighted by Crippen LogP contribution is -2.21.